The Kier molecular flexibility index (Phi) is 2.42. The summed E-state index contributed by atoms with van der Waals surface area (Å²) in [5.74, 6) is 0.754. The summed E-state index contributed by atoms with van der Waals surface area (Å²) in [5.41, 5.74) is 6.57. The Balaban J connectivity index is 2.28. The van der Waals surface area contributed by atoms with E-state index in [1.807, 2.05) is 0 Å². The van der Waals surface area contributed by atoms with E-state index in [0.717, 1.165) is 16.4 Å². The van der Waals surface area contributed by atoms with E-state index in [2.05, 4.69) is 27.6 Å². The second-order valence-corrected chi connectivity index (χ2v) is 4.67. The highest BCUT2D eigenvalue weighted by Crippen LogP contribution is 2.41. The molecule has 3 N–H and O–H groups in total. The minimum Gasteiger partial charge on any atom is -0.506 e. The minimum absolute atomic E-state index is 0.0861. The molecule has 4 heteroatoms. The van der Waals surface area contributed by atoms with Crippen molar-refractivity contribution in [1.82, 2.24) is 4.98 Å². The number of aromatic nitrogens is 1. The Hall–Kier alpha value is -0.360. The highest BCUT2D eigenvalue weighted by atomic mass is 127. The predicted octanol–water partition coefficient (Wildman–Crippen LogP) is 1.80. The van der Waals surface area contributed by atoms with Gasteiger partial charge in [-0.05, 0) is 47.4 Å². The third-order valence-corrected chi connectivity index (χ3v) is 2.90. The molecule has 1 heterocycles. The fourth-order valence-electron chi connectivity index (χ4n) is 1.37. The van der Waals surface area contributed by atoms with E-state index >= 15 is 0 Å². The van der Waals surface area contributed by atoms with Gasteiger partial charge in [-0.2, -0.15) is 0 Å². The quantitative estimate of drug-likeness (QED) is 0.817. The van der Waals surface area contributed by atoms with Gasteiger partial charge < -0.3 is 10.8 Å². The molecule has 13 heavy (non-hydrogen) atoms. The predicted molar refractivity (Wildman–Crippen MR) is 58.3 cm³/mol. The molecule has 1 unspecified atom stereocenters. The van der Waals surface area contributed by atoms with Crippen molar-refractivity contribution in [2.45, 2.75) is 18.9 Å². The molecule has 3 nitrogen and oxygen atoms in total. The summed E-state index contributed by atoms with van der Waals surface area (Å²) >= 11 is 2.12. The number of aromatic hydroxyl groups is 1. The first-order chi connectivity index (χ1) is 6.18. The van der Waals surface area contributed by atoms with Crippen LogP contribution in [-0.2, 0) is 0 Å². The summed E-state index contributed by atoms with van der Waals surface area (Å²) < 4.78 is 0.932. The van der Waals surface area contributed by atoms with E-state index in [-0.39, 0.29) is 11.8 Å². The second kappa shape index (κ2) is 3.42. The molecule has 0 aliphatic heterocycles. The lowest BCUT2D eigenvalue weighted by molar-refractivity contribution is 0.449. The van der Waals surface area contributed by atoms with Crippen LogP contribution in [0.5, 0.6) is 5.75 Å². The first-order valence-electron chi connectivity index (χ1n) is 4.28. The van der Waals surface area contributed by atoms with Crippen LogP contribution in [0.15, 0.2) is 12.3 Å². The first-order valence-corrected chi connectivity index (χ1v) is 5.36. The highest BCUT2D eigenvalue weighted by Gasteiger charge is 2.31. The van der Waals surface area contributed by atoms with Crippen molar-refractivity contribution < 1.29 is 5.11 Å². The number of hydrogen-bond donors (Lipinski definition) is 2. The van der Waals surface area contributed by atoms with Gasteiger partial charge in [0.05, 0.1) is 11.7 Å². The number of hydrogen-bond acceptors (Lipinski definition) is 3. The van der Waals surface area contributed by atoms with Crippen LogP contribution in [0.2, 0.25) is 0 Å². The third-order valence-electron chi connectivity index (χ3n) is 2.31. The molecule has 1 fully saturated rings. The van der Waals surface area contributed by atoms with E-state index in [0.29, 0.717) is 11.6 Å². The molecule has 2 rings (SSSR count). The molecule has 1 aliphatic rings. The molecule has 0 spiro atoms. The first kappa shape index (κ1) is 9.21. The number of rotatable bonds is 2. The summed E-state index contributed by atoms with van der Waals surface area (Å²) in [6.45, 7) is 0. The Labute approximate surface area is 90.5 Å². The molecule has 1 aromatic rings. The molecule has 0 saturated heterocycles. The van der Waals surface area contributed by atoms with Crippen LogP contribution in [0.1, 0.15) is 24.6 Å². The van der Waals surface area contributed by atoms with Crippen LogP contribution in [0, 0.1) is 9.49 Å². The average molecular weight is 290 g/mol. The maximum atomic E-state index is 9.59. The molecular weight excluding hydrogens is 279 g/mol. The van der Waals surface area contributed by atoms with Gasteiger partial charge in [-0.25, -0.2) is 0 Å². The molecule has 0 aromatic carbocycles. The summed E-state index contributed by atoms with van der Waals surface area (Å²) in [6.07, 6.45) is 4.06. The zero-order chi connectivity index (χ0) is 9.42. The summed E-state index contributed by atoms with van der Waals surface area (Å²) in [4.78, 5) is 4.16. The SMILES string of the molecule is NC(c1ncc(I)cc1O)C1CC1. The Bertz CT molecular complexity index is 325. The third kappa shape index (κ3) is 1.94. The smallest absolute Gasteiger partial charge is 0.139 e. The van der Waals surface area contributed by atoms with Gasteiger partial charge in [0.25, 0.3) is 0 Å². The van der Waals surface area contributed by atoms with Crippen molar-refractivity contribution in [2.24, 2.45) is 11.7 Å². The fourth-order valence-corrected chi connectivity index (χ4v) is 1.81. The van der Waals surface area contributed by atoms with Gasteiger partial charge in [0.1, 0.15) is 5.75 Å². The topological polar surface area (TPSA) is 59.1 Å². The van der Waals surface area contributed by atoms with Crippen LogP contribution in [0.25, 0.3) is 0 Å². The molecule has 1 aromatic heterocycles. The maximum absolute atomic E-state index is 9.59. The largest absolute Gasteiger partial charge is 0.506 e. The van der Waals surface area contributed by atoms with Crippen molar-refractivity contribution >= 4 is 22.6 Å². The van der Waals surface area contributed by atoms with Crippen molar-refractivity contribution in [3.8, 4) is 5.75 Å². The van der Waals surface area contributed by atoms with Gasteiger partial charge in [-0.1, -0.05) is 0 Å². The second-order valence-electron chi connectivity index (χ2n) is 3.42. The van der Waals surface area contributed by atoms with Gasteiger partial charge in [-0.3, -0.25) is 4.98 Å². The number of halogens is 1. The Morgan fingerprint density at radius 1 is 1.62 bits per heavy atom. The lowest BCUT2D eigenvalue weighted by Gasteiger charge is -2.10. The van der Waals surface area contributed by atoms with E-state index in [4.69, 9.17) is 5.73 Å². The lowest BCUT2D eigenvalue weighted by Crippen LogP contribution is -2.14. The van der Waals surface area contributed by atoms with E-state index < -0.39 is 0 Å². The molecule has 70 valence electrons. The van der Waals surface area contributed by atoms with Gasteiger partial charge in [0.15, 0.2) is 0 Å². The Morgan fingerprint density at radius 3 is 2.85 bits per heavy atom. The van der Waals surface area contributed by atoms with Crippen molar-refractivity contribution in [1.29, 1.82) is 0 Å². The van der Waals surface area contributed by atoms with Gasteiger partial charge in [0, 0.05) is 9.77 Å². The molecule has 0 bridgehead atoms. The van der Waals surface area contributed by atoms with Crippen LogP contribution in [0.3, 0.4) is 0 Å². The number of pyridine rings is 1. The standard InChI is InChI=1S/C9H11IN2O/c10-6-3-7(13)9(12-4-6)8(11)5-1-2-5/h3-5,8,13H,1-2,11H2. The molecule has 0 amide bonds. The lowest BCUT2D eigenvalue weighted by atomic mass is 10.1. The summed E-state index contributed by atoms with van der Waals surface area (Å²) in [7, 11) is 0. The minimum atomic E-state index is -0.0861. The van der Waals surface area contributed by atoms with Crippen LogP contribution in [-0.4, -0.2) is 10.1 Å². The Morgan fingerprint density at radius 2 is 2.31 bits per heavy atom. The van der Waals surface area contributed by atoms with Crippen molar-refractivity contribution in [2.75, 3.05) is 0 Å². The zero-order valence-electron chi connectivity index (χ0n) is 7.07. The summed E-state index contributed by atoms with van der Waals surface area (Å²) in [6, 6.07) is 1.61. The monoisotopic (exact) mass is 290 g/mol. The molecule has 1 atom stereocenters. The van der Waals surface area contributed by atoms with E-state index in [9.17, 15) is 5.11 Å². The van der Waals surface area contributed by atoms with Gasteiger partial charge in [0.2, 0.25) is 0 Å². The fraction of sp³-hybridized carbons (Fsp3) is 0.444. The molecule has 1 aliphatic carbocycles. The van der Waals surface area contributed by atoms with Gasteiger partial charge >= 0.3 is 0 Å². The maximum Gasteiger partial charge on any atom is 0.139 e. The average Bonchev–Trinajstić information content (AvgIpc) is 2.85. The summed E-state index contributed by atoms with van der Waals surface area (Å²) in [5, 5.41) is 9.59. The van der Waals surface area contributed by atoms with Crippen molar-refractivity contribution in [3.05, 3.63) is 21.5 Å². The zero-order valence-corrected chi connectivity index (χ0v) is 9.23. The number of nitrogens with two attached hydrogens (primary N) is 1. The molecule has 1 saturated carbocycles. The van der Waals surface area contributed by atoms with Crippen LogP contribution in [0.4, 0.5) is 0 Å². The molecular formula is C9H11IN2O. The molecule has 0 radical (unpaired) electrons. The van der Waals surface area contributed by atoms with E-state index in [1.165, 1.54) is 0 Å². The highest BCUT2D eigenvalue weighted by molar-refractivity contribution is 14.1. The van der Waals surface area contributed by atoms with Crippen LogP contribution >= 0.6 is 22.6 Å². The van der Waals surface area contributed by atoms with Crippen molar-refractivity contribution in [3.63, 3.8) is 0 Å². The van der Waals surface area contributed by atoms with Gasteiger partial charge in [-0.15, -0.1) is 0 Å². The van der Waals surface area contributed by atoms with E-state index in [1.54, 1.807) is 12.3 Å². The number of nitrogens with zero attached hydrogens (tertiary/aromatic N) is 1. The normalized spacial score (nSPS) is 18.6. The van der Waals surface area contributed by atoms with Crippen LogP contribution < -0.4 is 5.73 Å².